The van der Waals surface area contributed by atoms with Crippen molar-refractivity contribution in [3.05, 3.63) is 58.9 Å². The van der Waals surface area contributed by atoms with Crippen LogP contribution in [0.25, 0.3) is 0 Å². The number of benzene rings is 1. The van der Waals surface area contributed by atoms with Gasteiger partial charge < -0.3 is 20.7 Å². The quantitative estimate of drug-likeness (QED) is 0.645. The highest BCUT2D eigenvalue weighted by Crippen LogP contribution is 2.48. The molecule has 4 N–H and O–H groups in total. The van der Waals surface area contributed by atoms with Gasteiger partial charge in [0.05, 0.1) is 6.10 Å². The first-order valence-electron chi connectivity index (χ1n) is 8.56. The fourth-order valence-electron chi connectivity index (χ4n) is 3.22. The summed E-state index contributed by atoms with van der Waals surface area (Å²) in [6.45, 7) is 5.97. The number of rotatable bonds is 6. The molecule has 27 heavy (non-hydrogen) atoms. The molecule has 0 spiro atoms. The normalized spacial score (nSPS) is 15.0. The van der Waals surface area contributed by atoms with E-state index in [1.165, 1.54) is 6.20 Å². The van der Waals surface area contributed by atoms with Crippen molar-refractivity contribution in [2.24, 2.45) is 11.1 Å². The van der Waals surface area contributed by atoms with Crippen LogP contribution in [0.3, 0.4) is 0 Å². The number of phenolic OH excluding ortho intramolecular Hbond substituents is 1. The van der Waals surface area contributed by atoms with Gasteiger partial charge in [-0.05, 0) is 41.2 Å². The molecule has 0 aliphatic heterocycles. The smallest absolute Gasteiger partial charge is 0.404 e. The summed E-state index contributed by atoms with van der Waals surface area (Å²) in [5.41, 5.74) is 5.45. The fourth-order valence-corrected chi connectivity index (χ4v) is 3.33. The van der Waals surface area contributed by atoms with Gasteiger partial charge in [-0.3, -0.25) is 0 Å². The second kappa shape index (κ2) is 8.15. The van der Waals surface area contributed by atoms with E-state index in [1.807, 2.05) is 20.8 Å². The summed E-state index contributed by atoms with van der Waals surface area (Å²) in [4.78, 5) is 15.3. The minimum Gasteiger partial charge on any atom is -0.508 e. The summed E-state index contributed by atoms with van der Waals surface area (Å²) < 4.78 is 5.20. The Bertz CT molecular complexity index is 772. The van der Waals surface area contributed by atoms with E-state index < -0.39 is 23.0 Å². The Morgan fingerprint density at radius 2 is 1.85 bits per heavy atom. The van der Waals surface area contributed by atoms with Crippen LogP contribution < -0.4 is 5.73 Å². The molecule has 1 aromatic heterocycles. The third-order valence-corrected chi connectivity index (χ3v) is 5.22. The van der Waals surface area contributed by atoms with Crippen LogP contribution in [-0.4, -0.2) is 27.9 Å². The molecule has 0 aliphatic carbocycles. The molecule has 1 aromatic carbocycles. The second-order valence-corrected chi connectivity index (χ2v) is 8.01. The van der Waals surface area contributed by atoms with Crippen molar-refractivity contribution in [3.8, 4) is 5.75 Å². The van der Waals surface area contributed by atoms with E-state index in [1.54, 1.807) is 36.4 Å². The molecule has 1 amide bonds. The molecule has 1 unspecified atom stereocenters. The van der Waals surface area contributed by atoms with Crippen molar-refractivity contribution >= 4 is 17.7 Å². The van der Waals surface area contributed by atoms with Crippen molar-refractivity contribution < 1.29 is 19.7 Å². The number of nitrogens with zero attached hydrogens (tertiary/aromatic N) is 1. The highest BCUT2D eigenvalue weighted by atomic mass is 35.5. The van der Waals surface area contributed by atoms with Crippen LogP contribution in [0.15, 0.2) is 42.6 Å². The number of hydrogen-bond donors (Lipinski definition) is 3. The Hall–Kier alpha value is -2.31. The molecule has 1 heterocycles. The molecule has 0 bridgehead atoms. The standard InChI is InChI=1S/C20H25ClN2O4/c1-19(2,3)20(12-27-18(22)26,14-5-7-15(24)8-6-14)10-16(25)13-4-9-17(21)23-11-13/h4-9,11,16,24-25H,10,12H2,1-3H3,(H2,22,26)/t16-,20?/m1/s1. The Morgan fingerprint density at radius 3 is 2.33 bits per heavy atom. The fraction of sp³-hybridized carbons (Fsp3) is 0.400. The van der Waals surface area contributed by atoms with Crippen molar-refractivity contribution in [2.75, 3.05) is 6.61 Å². The van der Waals surface area contributed by atoms with Gasteiger partial charge >= 0.3 is 6.09 Å². The van der Waals surface area contributed by atoms with Gasteiger partial charge in [-0.1, -0.05) is 50.6 Å². The lowest BCUT2D eigenvalue weighted by atomic mass is 9.60. The SMILES string of the molecule is CC(C)(C)C(COC(N)=O)(C[C@@H](O)c1ccc(Cl)nc1)c1ccc(O)cc1. The highest BCUT2D eigenvalue weighted by molar-refractivity contribution is 6.29. The summed E-state index contributed by atoms with van der Waals surface area (Å²) >= 11 is 5.83. The van der Waals surface area contributed by atoms with E-state index in [9.17, 15) is 15.0 Å². The van der Waals surface area contributed by atoms with Crippen LogP contribution in [0.1, 0.15) is 44.4 Å². The number of aliphatic hydroxyl groups excluding tert-OH is 1. The predicted molar refractivity (Wildman–Crippen MR) is 104 cm³/mol. The summed E-state index contributed by atoms with van der Waals surface area (Å²) in [5, 5.41) is 20.9. The third kappa shape index (κ3) is 4.90. The summed E-state index contributed by atoms with van der Waals surface area (Å²) in [7, 11) is 0. The third-order valence-electron chi connectivity index (χ3n) is 4.99. The maximum Gasteiger partial charge on any atom is 0.404 e. The number of nitrogens with two attached hydrogens (primary N) is 1. The number of hydrogen-bond acceptors (Lipinski definition) is 5. The van der Waals surface area contributed by atoms with Gasteiger partial charge in [-0.2, -0.15) is 0 Å². The molecule has 2 atom stereocenters. The Kier molecular flexibility index (Phi) is 6.34. The molecular formula is C20H25ClN2O4. The van der Waals surface area contributed by atoms with Gasteiger partial charge in [-0.25, -0.2) is 9.78 Å². The number of amides is 1. The first-order chi connectivity index (χ1) is 12.5. The van der Waals surface area contributed by atoms with E-state index in [-0.39, 0.29) is 18.8 Å². The van der Waals surface area contributed by atoms with Crippen LogP contribution in [-0.2, 0) is 10.2 Å². The zero-order chi connectivity index (χ0) is 20.2. The Morgan fingerprint density at radius 1 is 1.22 bits per heavy atom. The monoisotopic (exact) mass is 392 g/mol. The number of primary amides is 1. The predicted octanol–water partition coefficient (Wildman–Crippen LogP) is 3.94. The average Bonchev–Trinajstić information content (AvgIpc) is 2.58. The van der Waals surface area contributed by atoms with Crippen molar-refractivity contribution in [3.63, 3.8) is 0 Å². The number of halogens is 1. The second-order valence-electron chi connectivity index (χ2n) is 7.62. The van der Waals surface area contributed by atoms with Crippen molar-refractivity contribution in [2.45, 2.75) is 38.7 Å². The number of aromatic hydroxyl groups is 1. The molecule has 0 fully saturated rings. The van der Waals surface area contributed by atoms with Crippen molar-refractivity contribution in [1.29, 1.82) is 0 Å². The first-order valence-corrected chi connectivity index (χ1v) is 8.94. The lowest BCUT2D eigenvalue weighted by Crippen LogP contribution is -2.46. The number of carbonyl (C=O) groups excluding carboxylic acids is 1. The molecule has 2 aromatic rings. The van der Waals surface area contributed by atoms with Gasteiger partial charge in [-0.15, -0.1) is 0 Å². The summed E-state index contributed by atoms with van der Waals surface area (Å²) in [6.07, 6.45) is 0.00802. The van der Waals surface area contributed by atoms with Crippen LogP contribution in [0.5, 0.6) is 5.75 Å². The van der Waals surface area contributed by atoms with Crippen LogP contribution >= 0.6 is 11.6 Å². The summed E-state index contributed by atoms with van der Waals surface area (Å²) in [6, 6.07) is 9.97. The topological polar surface area (TPSA) is 106 Å². The number of ether oxygens (including phenoxy) is 1. The molecule has 2 rings (SSSR count). The molecule has 6 nitrogen and oxygen atoms in total. The number of aliphatic hydroxyl groups is 1. The zero-order valence-corrected chi connectivity index (χ0v) is 16.4. The maximum atomic E-state index is 11.3. The van der Waals surface area contributed by atoms with Crippen molar-refractivity contribution in [1.82, 2.24) is 4.98 Å². The van der Waals surface area contributed by atoms with E-state index in [0.717, 1.165) is 5.56 Å². The molecular weight excluding hydrogens is 368 g/mol. The van der Waals surface area contributed by atoms with E-state index in [4.69, 9.17) is 22.1 Å². The minimum atomic E-state index is -0.884. The Balaban J connectivity index is 2.50. The molecule has 7 heteroatoms. The van der Waals surface area contributed by atoms with Gasteiger partial charge in [0, 0.05) is 11.6 Å². The van der Waals surface area contributed by atoms with Gasteiger partial charge in [0.2, 0.25) is 0 Å². The van der Waals surface area contributed by atoms with Crippen LogP contribution in [0.2, 0.25) is 5.15 Å². The van der Waals surface area contributed by atoms with Crippen LogP contribution in [0.4, 0.5) is 4.79 Å². The zero-order valence-electron chi connectivity index (χ0n) is 15.6. The summed E-state index contributed by atoms with van der Waals surface area (Å²) in [5.74, 6) is 0.125. The number of carbonyl (C=O) groups is 1. The number of aromatic nitrogens is 1. The van der Waals surface area contributed by atoms with E-state index in [0.29, 0.717) is 10.7 Å². The lowest BCUT2D eigenvalue weighted by Gasteiger charge is -2.46. The minimum absolute atomic E-state index is 0.0192. The van der Waals surface area contributed by atoms with Gasteiger partial charge in [0.25, 0.3) is 0 Å². The number of phenols is 1. The Labute approximate surface area is 163 Å². The molecule has 0 aliphatic rings. The van der Waals surface area contributed by atoms with Crippen LogP contribution in [0, 0.1) is 5.41 Å². The van der Waals surface area contributed by atoms with Gasteiger partial charge in [0.1, 0.15) is 17.5 Å². The average molecular weight is 393 g/mol. The van der Waals surface area contributed by atoms with Gasteiger partial charge in [0.15, 0.2) is 0 Å². The van der Waals surface area contributed by atoms with E-state index >= 15 is 0 Å². The highest BCUT2D eigenvalue weighted by Gasteiger charge is 2.46. The molecule has 0 saturated carbocycles. The lowest BCUT2D eigenvalue weighted by molar-refractivity contribution is 0.0223. The largest absolute Gasteiger partial charge is 0.508 e. The number of pyridine rings is 1. The molecule has 146 valence electrons. The van der Waals surface area contributed by atoms with E-state index in [2.05, 4.69) is 4.98 Å². The first kappa shape index (κ1) is 21.0. The molecule has 0 radical (unpaired) electrons. The maximum absolute atomic E-state index is 11.3. The molecule has 0 saturated heterocycles.